The summed E-state index contributed by atoms with van der Waals surface area (Å²) in [6.45, 7) is 0.156. The molecule has 0 radical (unpaired) electrons. The molecule has 142 valence electrons. The van der Waals surface area contributed by atoms with Gasteiger partial charge in [-0.05, 0) is 18.2 Å². The van der Waals surface area contributed by atoms with Crippen molar-refractivity contribution in [3.05, 3.63) is 69.1 Å². The van der Waals surface area contributed by atoms with E-state index in [-0.39, 0.29) is 34.8 Å². The van der Waals surface area contributed by atoms with Crippen molar-refractivity contribution in [2.45, 2.75) is 6.10 Å². The zero-order chi connectivity index (χ0) is 19.7. The summed E-state index contributed by atoms with van der Waals surface area (Å²) < 4.78 is 16.7. The van der Waals surface area contributed by atoms with Gasteiger partial charge >= 0.3 is 6.01 Å². The standard InChI is InChI=1S/C17H11ClN4O6/c18-11-6-5-9(22(24)25)7-10(11)15(23)19-17-21-20-16(28-17)14-8-26-12-3-1-2-4-13(12)27-14/h1-7,14H,8H2,(H,19,21,23). The first-order valence-corrected chi connectivity index (χ1v) is 8.36. The minimum absolute atomic E-state index is 0.0449. The largest absolute Gasteiger partial charge is 0.485 e. The van der Waals surface area contributed by atoms with Gasteiger partial charge in [-0.3, -0.25) is 20.2 Å². The van der Waals surface area contributed by atoms with Crippen molar-refractivity contribution >= 4 is 29.2 Å². The lowest BCUT2D eigenvalue weighted by Gasteiger charge is -2.23. The Balaban J connectivity index is 1.49. The zero-order valence-corrected chi connectivity index (χ0v) is 14.8. The summed E-state index contributed by atoms with van der Waals surface area (Å²) in [5, 5.41) is 20.9. The van der Waals surface area contributed by atoms with Crippen LogP contribution in [0, 0.1) is 10.1 Å². The summed E-state index contributed by atoms with van der Waals surface area (Å²) in [5.41, 5.74) is -0.367. The van der Waals surface area contributed by atoms with E-state index in [4.69, 9.17) is 25.5 Å². The smallest absolute Gasteiger partial charge is 0.322 e. The van der Waals surface area contributed by atoms with Crippen LogP contribution in [0.1, 0.15) is 22.4 Å². The number of hydrogen-bond acceptors (Lipinski definition) is 8. The van der Waals surface area contributed by atoms with E-state index in [1.54, 1.807) is 18.2 Å². The van der Waals surface area contributed by atoms with E-state index in [1.165, 1.54) is 12.1 Å². The van der Waals surface area contributed by atoms with E-state index in [1.807, 2.05) is 6.07 Å². The number of halogens is 1. The molecule has 1 aliphatic rings. The minimum Gasteiger partial charge on any atom is -0.485 e. The summed E-state index contributed by atoms with van der Waals surface area (Å²) in [7, 11) is 0. The van der Waals surface area contributed by atoms with Crippen LogP contribution in [0.25, 0.3) is 0 Å². The molecule has 3 aromatic rings. The van der Waals surface area contributed by atoms with Gasteiger partial charge in [-0.1, -0.05) is 28.8 Å². The normalized spacial score (nSPS) is 15.1. The number of nitrogens with zero attached hydrogens (tertiary/aromatic N) is 3. The van der Waals surface area contributed by atoms with Crippen molar-refractivity contribution in [3.8, 4) is 11.5 Å². The Kier molecular flexibility index (Phi) is 4.53. The van der Waals surface area contributed by atoms with Crippen LogP contribution in [0.3, 0.4) is 0 Å². The predicted octanol–water partition coefficient (Wildman–Crippen LogP) is 3.40. The first kappa shape index (κ1) is 17.7. The number of carbonyl (C=O) groups is 1. The summed E-state index contributed by atoms with van der Waals surface area (Å²) >= 11 is 5.95. The van der Waals surface area contributed by atoms with Crippen LogP contribution >= 0.6 is 11.6 Å². The maximum atomic E-state index is 12.4. The zero-order valence-electron chi connectivity index (χ0n) is 14.0. The van der Waals surface area contributed by atoms with Gasteiger partial charge in [-0.25, -0.2) is 0 Å². The lowest BCUT2D eigenvalue weighted by Crippen LogP contribution is -2.21. The molecule has 1 N–H and O–H groups in total. The van der Waals surface area contributed by atoms with Gasteiger partial charge in [0, 0.05) is 12.1 Å². The van der Waals surface area contributed by atoms with Crippen molar-refractivity contribution in [3.63, 3.8) is 0 Å². The van der Waals surface area contributed by atoms with Crippen molar-refractivity contribution in [1.82, 2.24) is 10.2 Å². The summed E-state index contributed by atoms with van der Waals surface area (Å²) in [6, 6.07) is 10.4. The highest BCUT2D eigenvalue weighted by Crippen LogP contribution is 2.35. The van der Waals surface area contributed by atoms with Crippen LogP contribution in [-0.2, 0) is 0 Å². The first-order chi connectivity index (χ1) is 13.5. The minimum atomic E-state index is -0.727. The number of rotatable bonds is 4. The second kappa shape index (κ2) is 7.16. The van der Waals surface area contributed by atoms with Gasteiger partial charge in [0.05, 0.1) is 15.5 Å². The van der Waals surface area contributed by atoms with Gasteiger partial charge in [0.2, 0.25) is 6.10 Å². The Hall–Kier alpha value is -3.66. The Morgan fingerprint density at radius 1 is 1.21 bits per heavy atom. The highest BCUT2D eigenvalue weighted by Gasteiger charge is 2.28. The fraction of sp³-hybridized carbons (Fsp3) is 0.118. The van der Waals surface area contributed by atoms with Crippen LogP contribution in [0.2, 0.25) is 5.02 Å². The quantitative estimate of drug-likeness (QED) is 0.519. The number of aromatic nitrogens is 2. The summed E-state index contributed by atoms with van der Waals surface area (Å²) in [4.78, 5) is 22.6. The fourth-order valence-corrected chi connectivity index (χ4v) is 2.73. The van der Waals surface area contributed by atoms with Crippen molar-refractivity contribution in [2.75, 3.05) is 11.9 Å². The number of amides is 1. The van der Waals surface area contributed by atoms with Gasteiger partial charge in [0.1, 0.15) is 6.61 Å². The molecule has 0 saturated heterocycles. The highest BCUT2D eigenvalue weighted by molar-refractivity contribution is 6.34. The molecule has 2 heterocycles. The Morgan fingerprint density at radius 2 is 2.00 bits per heavy atom. The van der Waals surface area contributed by atoms with Crippen LogP contribution in [0.15, 0.2) is 46.9 Å². The molecule has 28 heavy (non-hydrogen) atoms. The van der Waals surface area contributed by atoms with E-state index >= 15 is 0 Å². The first-order valence-electron chi connectivity index (χ1n) is 7.98. The van der Waals surface area contributed by atoms with Crippen molar-refractivity contribution in [1.29, 1.82) is 0 Å². The van der Waals surface area contributed by atoms with Crippen LogP contribution < -0.4 is 14.8 Å². The lowest BCUT2D eigenvalue weighted by molar-refractivity contribution is -0.384. The second-order valence-electron chi connectivity index (χ2n) is 5.69. The lowest BCUT2D eigenvalue weighted by atomic mass is 10.2. The molecule has 11 heteroatoms. The number of nitro groups is 1. The number of carbonyl (C=O) groups excluding carboxylic acids is 1. The van der Waals surface area contributed by atoms with E-state index in [9.17, 15) is 14.9 Å². The third-order valence-electron chi connectivity index (χ3n) is 3.85. The molecule has 10 nitrogen and oxygen atoms in total. The molecule has 0 bridgehead atoms. The van der Waals surface area contributed by atoms with Crippen molar-refractivity contribution < 1.29 is 23.6 Å². The molecule has 0 fully saturated rings. The Bertz CT molecular complexity index is 1070. The van der Waals surface area contributed by atoms with Crippen LogP contribution in [0.5, 0.6) is 11.5 Å². The van der Waals surface area contributed by atoms with Gasteiger partial charge in [0.25, 0.3) is 17.5 Å². The molecule has 1 unspecified atom stereocenters. The molecular weight excluding hydrogens is 392 g/mol. The molecule has 1 amide bonds. The maximum absolute atomic E-state index is 12.4. The Morgan fingerprint density at radius 3 is 2.79 bits per heavy atom. The number of nitrogens with one attached hydrogen (secondary N) is 1. The maximum Gasteiger partial charge on any atom is 0.322 e. The third-order valence-corrected chi connectivity index (χ3v) is 4.18. The van der Waals surface area contributed by atoms with Crippen LogP contribution in [0.4, 0.5) is 11.7 Å². The average Bonchev–Trinajstić information content (AvgIpc) is 3.16. The Labute approximate surface area is 162 Å². The highest BCUT2D eigenvalue weighted by atomic mass is 35.5. The van der Waals surface area contributed by atoms with E-state index in [2.05, 4.69) is 15.5 Å². The second-order valence-corrected chi connectivity index (χ2v) is 6.09. The molecule has 1 atom stereocenters. The number of nitro benzene ring substituents is 1. The van der Waals surface area contributed by atoms with Crippen molar-refractivity contribution in [2.24, 2.45) is 0 Å². The molecule has 1 aliphatic heterocycles. The molecule has 2 aromatic carbocycles. The monoisotopic (exact) mass is 402 g/mol. The number of non-ortho nitro benzene ring substituents is 1. The topological polar surface area (TPSA) is 130 Å². The molecular formula is C17H11ClN4O6. The molecule has 0 saturated carbocycles. The number of anilines is 1. The fourth-order valence-electron chi connectivity index (χ4n) is 2.52. The molecule has 0 aliphatic carbocycles. The number of fused-ring (bicyclic) bond motifs is 1. The molecule has 4 rings (SSSR count). The molecule has 0 spiro atoms. The summed E-state index contributed by atoms with van der Waals surface area (Å²) in [5.74, 6) is 0.517. The molecule has 1 aromatic heterocycles. The third kappa shape index (κ3) is 3.45. The number of benzene rings is 2. The van der Waals surface area contributed by atoms with Gasteiger partial charge in [-0.2, -0.15) is 0 Å². The van der Waals surface area contributed by atoms with Gasteiger partial charge in [-0.15, -0.1) is 5.10 Å². The van der Waals surface area contributed by atoms with E-state index in [0.717, 1.165) is 6.07 Å². The van der Waals surface area contributed by atoms with Gasteiger partial charge < -0.3 is 13.9 Å². The predicted molar refractivity (Wildman–Crippen MR) is 95.7 cm³/mol. The van der Waals surface area contributed by atoms with Gasteiger partial charge in [0.15, 0.2) is 11.5 Å². The number of para-hydroxylation sites is 2. The number of ether oxygens (including phenoxy) is 2. The SMILES string of the molecule is O=C(Nc1nnc(C2COc3ccccc3O2)o1)c1cc([N+](=O)[O-])ccc1Cl. The average molecular weight is 403 g/mol. The summed E-state index contributed by atoms with van der Waals surface area (Å²) in [6.07, 6.45) is -0.644. The van der Waals surface area contributed by atoms with E-state index in [0.29, 0.717) is 11.5 Å². The van der Waals surface area contributed by atoms with E-state index < -0.39 is 16.9 Å². The van der Waals surface area contributed by atoms with Crippen LogP contribution in [-0.4, -0.2) is 27.6 Å². The number of hydrogen-bond donors (Lipinski definition) is 1.